The highest BCUT2D eigenvalue weighted by Gasteiger charge is 2.15. The number of nitrogens with one attached hydrogen (secondary N) is 1. The minimum Gasteiger partial charge on any atom is -0.334 e. The summed E-state index contributed by atoms with van der Waals surface area (Å²) in [5.74, 6) is 0.769. The fraction of sp³-hybridized carbons (Fsp3) is 0.333. The number of primary sulfonamides is 1. The van der Waals surface area contributed by atoms with Crippen LogP contribution in [0.4, 0.5) is 10.5 Å². The van der Waals surface area contributed by atoms with Gasteiger partial charge in [0.25, 0.3) is 0 Å². The Labute approximate surface area is 141 Å². The summed E-state index contributed by atoms with van der Waals surface area (Å²) in [6, 6.07) is 3.99. The summed E-state index contributed by atoms with van der Waals surface area (Å²) in [5.41, 5.74) is 1.14. The highest BCUT2D eigenvalue weighted by molar-refractivity contribution is 7.89. The summed E-state index contributed by atoms with van der Waals surface area (Å²) in [6.45, 7) is 4.86. The summed E-state index contributed by atoms with van der Waals surface area (Å²) in [7, 11) is -2.18. The predicted octanol–water partition coefficient (Wildman–Crippen LogP) is 1.52. The maximum absolute atomic E-state index is 12.3. The van der Waals surface area contributed by atoms with Crippen LogP contribution in [0.2, 0.25) is 0 Å². The Balaban J connectivity index is 2.14. The van der Waals surface area contributed by atoms with Crippen LogP contribution in [-0.2, 0) is 23.1 Å². The van der Waals surface area contributed by atoms with Crippen molar-refractivity contribution in [2.75, 3.05) is 12.4 Å². The van der Waals surface area contributed by atoms with Crippen molar-refractivity contribution in [2.24, 2.45) is 5.14 Å². The molecule has 0 bridgehead atoms. The first-order chi connectivity index (χ1) is 11.2. The molecule has 2 amide bonds. The van der Waals surface area contributed by atoms with Crippen molar-refractivity contribution in [3.8, 4) is 0 Å². The van der Waals surface area contributed by atoms with Gasteiger partial charge < -0.3 is 14.8 Å². The van der Waals surface area contributed by atoms with Crippen molar-refractivity contribution in [3.63, 3.8) is 0 Å². The van der Waals surface area contributed by atoms with Gasteiger partial charge in [-0.15, -0.1) is 0 Å². The van der Waals surface area contributed by atoms with Crippen molar-refractivity contribution >= 4 is 21.7 Å². The van der Waals surface area contributed by atoms with Gasteiger partial charge in [0, 0.05) is 31.7 Å². The minimum absolute atomic E-state index is 0.0485. The van der Waals surface area contributed by atoms with Crippen LogP contribution in [0, 0.1) is 6.92 Å². The second-order valence-corrected chi connectivity index (χ2v) is 7.00. The number of benzene rings is 1. The quantitative estimate of drug-likeness (QED) is 0.851. The number of aryl methyl sites for hydroxylation is 2. The summed E-state index contributed by atoms with van der Waals surface area (Å²) >= 11 is 0. The number of hydrogen-bond donors (Lipinski definition) is 2. The maximum Gasteiger partial charge on any atom is 0.321 e. The van der Waals surface area contributed by atoms with Gasteiger partial charge in [0.15, 0.2) is 0 Å². The molecule has 2 aromatic rings. The van der Waals surface area contributed by atoms with Gasteiger partial charge in [-0.05, 0) is 31.5 Å². The Morgan fingerprint density at radius 1 is 1.42 bits per heavy atom. The van der Waals surface area contributed by atoms with Gasteiger partial charge in [0.2, 0.25) is 10.0 Å². The smallest absolute Gasteiger partial charge is 0.321 e. The second-order valence-electron chi connectivity index (χ2n) is 5.44. The molecule has 3 N–H and O–H groups in total. The van der Waals surface area contributed by atoms with Gasteiger partial charge in [-0.2, -0.15) is 0 Å². The molecule has 0 unspecified atom stereocenters. The number of carbonyl (C=O) groups is 1. The third-order valence-corrected chi connectivity index (χ3v) is 4.56. The largest absolute Gasteiger partial charge is 0.334 e. The highest BCUT2D eigenvalue weighted by atomic mass is 32.2. The van der Waals surface area contributed by atoms with E-state index in [4.69, 9.17) is 5.14 Å². The van der Waals surface area contributed by atoms with Crippen LogP contribution in [0.1, 0.15) is 18.3 Å². The Morgan fingerprint density at radius 3 is 2.75 bits per heavy atom. The number of rotatable bonds is 5. The number of sulfonamides is 1. The zero-order valence-corrected chi connectivity index (χ0v) is 14.7. The third-order valence-electron chi connectivity index (χ3n) is 3.65. The molecule has 0 radical (unpaired) electrons. The van der Waals surface area contributed by atoms with Gasteiger partial charge in [-0.25, -0.2) is 23.3 Å². The number of carbonyl (C=O) groups excluding carboxylic acids is 1. The molecule has 1 heterocycles. The highest BCUT2D eigenvalue weighted by Crippen LogP contribution is 2.20. The number of nitrogens with zero attached hydrogens (tertiary/aromatic N) is 3. The molecule has 2 rings (SSSR count). The first kappa shape index (κ1) is 18.0. The zero-order chi connectivity index (χ0) is 17.9. The number of anilines is 1. The molecular formula is C15H21N5O3S. The average Bonchev–Trinajstić information content (AvgIpc) is 2.95. The zero-order valence-electron chi connectivity index (χ0n) is 13.9. The third kappa shape index (κ3) is 4.12. The van der Waals surface area contributed by atoms with Crippen LogP contribution in [0.15, 0.2) is 35.5 Å². The Kier molecular flexibility index (Phi) is 5.25. The second kappa shape index (κ2) is 7.02. The molecule has 1 aromatic carbocycles. The fourth-order valence-electron chi connectivity index (χ4n) is 2.19. The molecule has 130 valence electrons. The summed E-state index contributed by atoms with van der Waals surface area (Å²) in [6.07, 6.45) is 3.53. The lowest BCUT2D eigenvalue weighted by Crippen LogP contribution is -2.32. The van der Waals surface area contributed by atoms with Gasteiger partial charge in [0.1, 0.15) is 5.82 Å². The number of amides is 2. The first-order valence-electron chi connectivity index (χ1n) is 7.38. The lowest BCUT2D eigenvalue weighted by molar-refractivity contribution is 0.219. The van der Waals surface area contributed by atoms with E-state index in [1.165, 1.54) is 17.0 Å². The lowest BCUT2D eigenvalue weighted by Gasteiger charge is -2.19. The van der Waals surface area contributed by atoms with Crippen molar-refractivity contribution in [3.05, 3.63) is 42.0 Å². The molecular weight excluding hydrogens is 330 g/mol. The number of aromatic nitrogens is 2. The monoisotopic (exact) mass is 351 g/mol. The Morgan fingerprint density at radius 2 is 2.12 bits per heavy atom. The van der Waals surface area contributed by atoms with Crippen molar-refractivity contribution in [1.82, 2.24) is 14.5 Å². The number of urea groups is 1. The predicted molar refractivity (Wildman–Crippen MR) is 90.9 cm³/mol. The van der Waals surface area contributed by atoms with E-state index in [1.807, 2.05) is 17.7 Å². The van der Waals surface area contributed by atoms with E-state index >= 15 is 0 Å². The molecule has 0 fully saturated rings. The summed E-state index contributed by atoms with van der Waals surface area (Å²) in [4.78, 5) is 18.0. The van der Waals surface area contributed by atoms with Crippen LogP contribution >= 0.6 is 0 Å². The van der Waals surface area contributed by atoms with E-state index in [0.717, 1.165) is 17.9 Å². The number of imidazole rings is 1. The molecule has 0 aliphatic heterocycles. The molecule has 9 heteroatoms. The van der Waals surface area contributed by atoms with Gasteiger partial charge in [-0.1, -0.05) is 6.07 Å². The summed E-state index contributed by atoms with van der Waals surface area (Å²) in [5, 5.41) is 7.83. The standard InChI is InChI=1S/C15H21N5O3S/c1-4-20-8-7-17-14(20)10-19(3)15(21)18-13-9-12(24(16,22)23)6-5-11(13)2/h5-9H,4,10H2,1-3H3,(H,18,21)(H2,16,22,23). The number of hydrogen-bond acceptors (Lipinski definition) is 4. The van der Waals surface area contributed by atoms with Crippen molar-refractivity contribution in [1.29, 1.82) is 0 Å². The molecule has 8 nitrogen and oxygen atoms in total. The fourth-order valence-corrected chi connectivity index (χ4v) is 2.73. The van der Waals surface area contributed by atoms with Gasteiger partial charge >= 0.3 is 6.03 Å². The Bertz CT molecular complexity index is 845. The molecule has 24 heavy (non-hydrogen) atoms. The van der Waals surface area contributed by atoms with Crippen molar-refractivity contribution < 1.29 is 13.2 Å². The van der Waals surface area contributed by atoms with Crippen LogP contribution in [-0.4, -0.2) is 35.9 Å². The molecule has 1 aromatic heterocycles. The van der Waals surface area contributed by atoms with Gasteiger partial charge in [-0.3, -0.25) is 0 Å². The summed E-state index contributed by atoms with van der Waals surface area (Å²) < 4.78 is 24.8. The SMILES string of the molecule is CCn1ccnc1CN(C)C(=O)Nc1cc(S(N)(=O)=O)ccc1C. The van der Waals surface area contributed by atoms with E-state index in [0.29, 0.717) is 12.2 Å². The van der Waals surface area contributed by atoms with E-state index in [2.05, 4.69) is 10.3 Å². The molecule has 0 atom stereocenters. The normalized spacial score (nSPS) is 11.3. The van der Waals surface area contributed by atoms with Gasteiger partial charge in [0.05, 0.1) is 11.4 Å². The van der Waals surface area contributed by atoms with Crippen molar-refractivity contribution in [2.45, 2.75) is 31.8 Å². The van der Waals surface area contributed by atoms with Crippen LogP contribution in [0.5, 0.6) is 0 Å². The van der Waals surface area contributed by atoms with Crippen LogP contribution in [0.3, 0.4) is 0 Å². The van der Waals surface area contributed by atoms with Crippen LogP contribution in [0.25, 0.3) is 0 Å². The molecule has 0 aliphatic rings. The molecule has 0 aliphatic carbocycles. The van der Waals surface area contributed by atoms with E-state index in [-0.39, 0.29) is 10.9 Å². The topological polar surface area (TPSA) is 110 Å². The average molecular weight is 351 g/mol. The first-order valence-corrected chi connectivity index (χ1v) is 8.92. The molecule has 0 spiro atoms. The Hall–Kier alpha value is -2.39. The minimum atomic E-state index is -3.83. The maximum atomic E-state index is 12.3. The van der Waals surface area contributed by atoms with E-state index < -0.39 is 10.0 Å². The molecule has 0 saturated heterocycles. The lowest BCUT2D eigenvalue weighted by atomic mass is 10.2. The van der Waals surface area contributed by atoms with E-state index in [9.17, 15) is 13.2 Å². The molecule has 0 saturated carbocycles. The number of nitrogens with two attached hydrogens (primary N) is 1. The van der Waals surface area contributed by atoms with E-state index in [1.54, 1.807) is 26.2 Å². The van der Waals surface area contributed by atoms with Crippen LogP contribution < -0.4 is 10.5 Å².